The van der Waals surface area contributed by atoms with Gasteiger partial charge >= 0.3 is 0 Å². The average molecular weight is 299 g/mol. The Morgan fingerprint density at radius 2 is 1.55 bits per heavy atom. The fraction of sp³-hybridized carbons (Fsp3) is 0.368. The number of nitrogens with one attached hydrogen (secondary N) is 1. The first-order chi connectivity index (χ1) is 10.6. The molecule has 0 saturated carbocycles. The first kappa shape index (κ1) is 16.2. The number of ether oxygens (including phenoxy) is 2. The number of para-hydroxylation sites is 1. The van der Waals surface area contributed by atoms with Crippen LogP contribution < -0.4 is 14.8 Å². The molecule has 2 rings (SSSR count). The highest BCUT2D eigenvalue weighted by Gasteiger charge is 2.04. The van der Waals surface area contributed by atoms with Gasteiger partial charge in [-0.1, -0.05) is 32.0 Å². The summed E-state index contributed by atoms with van der Waals surface area (Å²) in [5, 5.41) is 3.38. The van der Waals surface area contributed by atoms with Gasteiger partial charge in [-0.15, -0.1) is 0 Å². The second-order valence-corrected chi connectivity index (χ2v) is 5.85. The summed E-state index contributed by atoms with van der Waals surface area (Å²) < 4.78 is 11.5. The Hall–Kier alpha value is -2.16. The first-order valence-electron chi connectivity index (χ1n) is 7.82. The Kier molecular flexibility index (Phi) is 6.13. The molecule has 22 heavy (non-hydrogen) atoms. The van der Waals surface area contributed by atoms with E-state index in [0.29, 0.717) is 5.92 Å². The zero-order valence-electron chi connectivity index (χ0n) is 13.6. The molecule has 0 radical (unpaired) electrons. The topological polar surface area (TPSA) is 30.5 Å². The molecule has 2 aromatic carbocycles. The number of benzene rings is 2. The van der Waals surface area contributed by atoms with Crippen molar-refractivity contribution in [2.75, 3.05) is 18.5 Å². The van der Waals surface area contributed by atoms with Crippen LogP contribution in [0.3, 0.4) is 0 Å². The maximum absolute atomic E-state index is 5.84. The van der Waals surface area contributed by atoms with Crippen molar-refractivity contribution in [1.82, 2.24) is 0 Å². The van der Waals surface area contributed by atoms with Gasteiger partial charge in [0.1, 0.15) is 17.6 Å². The molecule has 3 heteroatoms. The highest BCUT2D eigenvalue weighted by Crippen LogP contribution is 2.17. The third kappa shape index (κ3) is 5.68. The highest BCUT2D eigenvalue weighted by atomic mass is 16.5. The van der Waals surface area contributed by atoms with E-state index in [4.69, 9.17) is 9.47 Å². The molecule has 1 N–H and O–H groups in total. The minimum absolute atomic E-state index is 0.0965. The largest absolute Gasteiger partial charge is 0.493 e. The van der Waals surface area contributed by atoms with Crippen molar-refractivity contribution < 1.29 is 9.47 Å². The third-order valence-electron chi connectivity index (χ3n) is 3.11. The number of rotatable bonds is 8. The quantitative estimate of drug-likeness (QED) is 0.772. The van der Waals surface area contributed by atoms with Crippen LogP contribution in [-0.4, -0.2) is 19.3 Å². The highest BCUT2D eigenvalue weighted by molar-refractivity contribution is 5.46. The maximum atomic E-state index is 5.84. The van der Waals surface area contributed by atoms with E-state index >= 15 is 0 Å². The predicted molar refractivity (Wildman–Crippen MR) is 91.8 cm³/mol. The first-order valence-corrected chi connectivity index (χ1v) is 7.82. The Labute approximate surface area is 133 Å². The fourth-order valence-corrected chi connectivity index (χ4v) is 1.97. The van der Waals surface area contributed by atoms with E-state index in [2.05, 4.69) is 26.1 Å². The lowest BCUT2D eigenvalue weighted by Crippen LogP contribution is -2.22. The van der Waals surface area contributed by atoms with Crippen molar-refractivity contribution in [2.45, 2.75) is 26.9 Å². The van der Waals surface area contributed by atoms with Gasteiger partial charge in [-0.2, -0.15) is 0 Å². The maximum Gasteiger partial charge on any atom is 0.119 e. The molecular weight excluding hydrogens is 274 g/mol. The number of hydrogen-bond acceptors (Lipinski definition) is 3. The lowest BCUT2D eigenvalue weighted by molar-refractivity contribution is 0.235. The number of anilines is 1. The van der Waals surface area contributed by atoms with Crippen LogP contribution in [0.5, 0.6) is 11.5 Å². The van der Waals surface area contributed by atoms with Gasteiger partial charge in [0.15, 0.2) is 0 Å². The molecule has 0 fully saturated rings. The van der Waals surface area contributed by atoms with Crippen molar-refractivity contribution in [3.63, 3.8) is 0 Å². The second kappa shape index (κ2) is 8.32. The van der Waals surface area contributed by atoms with Crippen molar-refractivity contribution in [3.05, 3.63) is 54.6 Å². The SMILES string of the molecule is CC(C)COc1ccc(NCC(C)Oc2ccccc2)cc1. The van der Waals surface area contributed by atoms with Crippen molar-refractivity contribution in [1.29, 1.82) is 0 Å². The monoisotopic (exact) mass is 299 g/mol. The smallest absolute Gasteiger partial charge is 0.119 e. The van der Waals surface area contributed by atoms with Crippen LogP contribution >= 0.6 is 0 Å². The molecule has 1 unspecified atom stereocenters. The zero-order chi connectivity index (χ0) is 15.8. The van der Waals surface area contributed by atoms with Crippen LogP contribution in [-0.2, 0) is 0 Å². The summed E-state index contributed by atoms with van der Waals surface area (Å²) in [6.45, 7) is 7.84. The second-order valence-electron chi connectivity index (χ2n) is 5.85. The summed E-state index contributed by atoms with van der Waals surface area (Å²) in [4.78, 5) is 0. The van der Waals surface area contributed by atoms with Gasteiger partial charge in [0, 0.05) is 5.69 Å². The van der Waals surface area contributed by atoms with Crippen molar-refractivity contribution >= 4 is 5.69 Å². The van der Waals surface area contributed by atoms with Gasteiger partial charge < -0.3 is 14.8 Å². The molecule has 0 spiro atoms. The van der Waals surface area contributed by atoms with Gasteiger partial charge in [0.25, 0.3) is 0 Å². The lowest BCUT2D eigenvalue weighted by Gasteiger charge is -2.16. The summed E-state index contributed by atoms with van der Waals surface area (Å²) in [6, 6.07) is 17.9. The van der Waals surface area contributed by atoms with E-state index in [1.807, 2.05) is 54.6 Å². The molecule has 0 saturated heterocycles. The van der Waals surface area contributed by atoms with Crippen LogP contribution in [0.2, 0.25) is 0 Å². The molecule has 0 aliphatic carbocycles. The Morgan fingerprint density at radius 3 is 2.18 bits per heavy atom. The minimum Gasteiger partial charge on any atom is -0.493 e. The summed E-state index contributed by atoms with van der Waals surface area (Å²) in [5.74, 6) is 2.34. The van der Waals surface area contributed by atoms with Crippen LogP contribution in [0, 0.1) is 5.92 Å². The van der Waals surface area contributed by atoms with Gasteiger partial charge in [0.05, 0.1) is 13.2 Å². The standard InChI is InChI=1S/C19H25NO2/c1-15(2)14-21-18-11-9-17(10-12-18)20-13-16(3)22-19-7-5-4-6-8-19/h4-12,15-16,20H,13-14H2,1-3H3. The van der Waals surface area contributed by atoms with Crippen LogP contribution in [0.15, 0.2) is 54.6 Å². The van der Waals surface area contributed by atoms with E-state index in [0.717, 1.165) is 30.3 Å². The van der Waals surface area contributed by atoms with Crippen LogP contribution in [0.1, 0.15) is 20.8 Å². The van der Waals surface area contributed by atoms with E-state index in [9.17, 15) is 0 Å². The van der Waals surface area contributed by atoms with E-state index in [-0.39, 0.29) is 6.10 Å². The molecule has 1 atom stereocenters. The normalized spacial score (nSPS) is 12.0. The summed E-state index contributed by atoms with van der Waals surface area (Å²) in [7, 11) is 0. The Balaban J connectivity index is 1.76. The molecule has 0 aromatic heterocycles. The fourth-order valence-electron chi connectivity index (χ4n) is 1.97. The average Bonchev–Trinajstić information content (AvgIpc) is 2.53. The predicted octanol–water partition coefficient (Wildman–Crippen LogP) is 4.60. The van der Waals surface area contributed by atoms with Gasteiger partial charge in [-0.25, -0.2) is 0 Å². The molecule has 0 aliphatic rings. The minimum atomic E-state index is 0.0965. The molecule has 3 nitrogen and oxygen atoms in total. The third-order valence-corrected chi connectivity index (χ3v) is 3.11. The molecular formula is C19H25NO2. The molecule has 0 heterocycles. The molecule has 0 aliphatic heterocycles. The Morgan fingerprint density at radius 1 is 0.864 bits per heavy atom. The number of hydrogen-bond donors (Lipinski definition) is 1. The zero-order valence-corrected chi connectivity index (χ0v) is 13.6. The van der Waals surface area contributed by atoms with E-state index in [1.54, 1.807) is 0 Å². The summed E-state index contributed by atoms with van der Waals surface area (Å²) >= 11 is 0. The molecule has 0 bridgehead atoms. The van der Waals surface area contributed by atoms with Gasteiger partial charge in [0.2, 0.25) is 0 Å². The van der Waals surface area contributed by atoms with Crippen molar-refractivity contribution in [2.24, 2.45) is 5.92 Å². The van der Waals surface area contributed by atoms with Gasteiger partial charge in [-0.05, 0) is 49.2 Å². The Bertz CT molecular complexity index is 537. The van der Waals surface area contributed by atoms with E-state index < -0.39 is 0 Å². The molecule has 2 aromatic rings. The lowest BCUT2D eigenvalue weighted by atomic mass is 10.2. The molecule has 118 valence electrons. The van der Waals surface area contributed by atoms with E-state index in [1.165, 1.54) is 0 Å². The van der Waals surface area contributed by atoms with Crippen LogP contribution in [0.25, 0.3) is 0 Å². The summed E-state index contributed by atoms with van der Waals surface area (Å²) in [5.41, 5.74) is 1.07. The molecule has 0 amide bonds. The summed E-state index contributed by atoms with van der Waals surface area (Å²) in [6.07, 6.45) is 0.0965. The van der Waals surface area contributed by atoms with Crippen molar-refractivity contribution in [3.8, 4) is 11.5 Å². The van der Waals surface area contributed by atoms with Gasteiger partial charge in [-0.3, -0.25) is 0 Å². The van der Waals surface area contributed by atoms with Crippen LogP contribution in [0.4, 0.5) is 5.69 Å².